The smallest absolute Gasteiger partial charge is 0.342 e. The van der Waals surface area contributed by atoms with E-state index in [-0.39, 0.29) is 29.5 Å². The lowest BCUT2D eigenvalue weighted by molar-refractivity contribution is -0.238. The van der Waals surface area contributed by atoms with Crippen molar-refractivity contribution in [2.75, 3.05) is 13.2 Å². The van der Waals surface area contributed by atoms with Crippen LogP contribution in [0.15, 0.2) is 12.2 Å². The Morgan fingerprint density at radius 2 is 2.12 bits per heavy atom. The van der Waals surface area contributed by atoms with E-state index < -0.39 is 28.9 Å². The molecule has 0 amide bonds. The van der Waals surface area contributed by atoms with Gasteiger partial charge in [0.15, 0.2) is 6.29 Å². The Morgan fingerprint density at radius 1 is 1.32 bits per heavy atom. The van der Waals surface area contributed by atoms with Gasteiger partial charge in [0.1, 0.15) is 11.7 Å². The molecule has 2 spiro atoms. The van der Waals surface area contributed by atoms with Gasteiger partial charge in [0.05, 0.1) is 24.7 Å². The van der Waals surface area contributed by atoms with Crippen LogP contribution in [0.2, 0.25) is 0 Å². The molecule has 0 aromatic rings. The van der Waals surface area contributed by atoms with Crippen LogP contribution in [0.4, 0.5) is 0 Å². The first-order chi connectivity index (χ1) is 11.9. The molecule has 9 atom stereocenters. The molecule has 4 aliphatic heterocycles. The molecule has 6 heteroatoms. The third-order valence-electron chi connectivity index (χ3n) is 8.56. The average Bonchev–Trinajstić information content (AvgIpc) is 3.29. The fourth-order valence-electron chi connectivity index (χ4n) is 7.79. The highest BCUT2D eigenvalue weighted by atomic mass is 16.7. The van der Waals surface area contributed by atoms with Crippen LogP contribution in [0, 0.1) is 22.7 Å². The highest BCUT2D eigenvalue weighted by molar-refractivity contribution is 5.88. The number of fused-ring (bicyclic) bond motifs is 1. The fourth-order valence-corrected chi connectivity index (χ4v) is 7.79. The second-order valence-corrected chi connectivity index (χ2v) is 9.04. The van der Waals surface area contributed by atoms with Crippen molar-refractivity contribution in [3.63, 3.8) is 0 Å². The van der Waals surface area contributed by atoms with Crippen molar-refractivity contribution >= 4 is 5.97 Å². The molecule has 25 heavy (non-hydrogen) atoms. The number of hydrogen-bond acceptors (Lipinski definition) is 6. The number of esters is 1. The van der Waals surface area contributed by atoms with Gasteiger partial charge in [0.2, 0.25) is 5.60 Å². The van der Waals surface area contributed by atoms with Crippen LogP contribution in [0.3, 0.4) is 0 Å². The molecular formula is C19H24O6. The number of carbonyl (C=O) groups is 1. The van der Waals surface area contributed by atoms with Gasteiger partial charge in [-0.05, 0) is 32.1 Å². The van der Waals surface area contributed by atoms with Gasteiger partial charge in [-0.15, -0.1) is 0 Å². The highest BCUT2D eigenvalue weighted by Gasteiger charge is 2.97. The maximum absolute atomic E-state index is 13.2. The summed E-state index contributed by atoms with van der Waals surface area (Å²) in [7, 11) is 0. The summed E-state index contributed by atoms with van der Waals surface area (Å²) < 4.78 is 24.3. The van der Waals surface area contributed by atoms with Crippen molar-refractivity contribution in [3.05, 3.63) is 12.2 Å². The van der Waals surface area contributed by atoms with E-state index in [4.69, 9.17) is 18.9 Å². The summed E-state index contributed by atoms with van der Waals surface area (Å²) in [5.74, 6) is -0.446. The monoisotopic (exact) mass is 348 g/mol. The fraction of sp³-hybridized carbons (Fsp3) is 0.842. The summed E-state index contributed by atoms with van der Waals surface area (Å²) in [6, 6.07) is 0. The van der Waals surface area contributed by atoms with Crippen molar-refractivity contribution in [2.45, 2.75) is 62.8 Å². The van der Waals surface area contributed by atoms with Gasteiger partial charge in [-0.25, -0.2) is 4.79 Å². The Hall–Kier alpha value is -0.950. The maximum atomic E-state index is 13.2. The molecule has 4 saturated heterocycles. The molecular weight excluding hydrogens is 324 g/mol. The van der Waals surface area contributed by atoms with Crippen molar-refractivity contribution in [1.82, 2.24) is 0 Å². The topological polar surface area (TPSA) is 74.2 Å². The average molecular weight is 348 g/mol. The van der Waals surface area contributed by atoms with Crippen LogP contribution in [0.5, 0.6) is 0 Å². The second-order valence-electron chi connectivity index (χ2n) is 9.04. The zero-order chi connectivity index (χ0) is 17.4. The summed E-state index contributed by atoms with van der Waals surface area (Å²) in [5, 5.41) is 11.8. The van der Waals surface area contributed by atoms with E-state index >= 15 is 0 Å². The Kier molecular flexibility index (Phi) is 2.41. The minimum Gasteiger partial charge on any atom is -0.459 e. The SMILES string of the molecule is C=C(C)[C@@H]1CC2OC(=O)C34OC5OCCC51C23CC1OC[C@@H](C)[C@@]14O. The van der Waals surface area contributed by atoms with Crippen LogP contribution >= 0.6 is 0 Å². The first kappa shape index (κ1) is 15.1. The molecule has 4 heterocycles. The Labute approximate surface area is 146 Å². The Balaban J connectivity index is 1.67. The zero-order valence-electron chi connectivity index (χ0n) is 14.6. The normalized spacial score (nSPS) is 63.3. The molecule has 6 nitrogen and oxygen atoms in total. The van der Waals surface area contributed by atoms with Crippen LogP contribution < -0.4 is 0 Å². The van der Waals surface area contributed by atoms with Crippen LogP contribution in [-0.2, 0) is 23.7 Å². The third-order valence-corrected chi connectivity index (χ3v) is 8.56. The van der Waals surface area contributed by atoms with Crippen molar-refractivity contribution in [2.24, 2.45) is 22.7 Å². The van der Waals surface area contributed by atoms with Gasteiger partial charge < -0.3 is 24.1 Å². The number of allylic oxidation sites excluding steroid dienone is 1. The van der Waals surface area contributed by atoms with Crippen molar-refractivity contribution in [1.29, 1.82) is 0 Å². The standard InChI is InChI=1S/C19H24O6/c1-9(2)11-6-12-17-7-13-18(21,10(3)8-23-13)19(17,14(20)24-12)25-15-16(11,17)4-5-22-15/h10-13,15,21H,1,4-8H2,2-3H3/t10-,11+,12?,13?,15?,16?,17?,18-,19?/m1/s1. The predicted octanol–water partition coefficient (Wildman–Crippen LogP) is 1.17. The molecule has 0 aromatic heterocycles. The molecule has 6 aliphatic rings. The van der Waals surface area contributed by atoms with Gasteiger partial charge in [-0.1, -0.05) is 19.1 Å². The van der Waals surface area contributed by atoms with Gasteiger partial charge in [0, 0.05) is 11.3 Å². The van der Waals surface area contributed by atoms with E-state index in [9.17, 15) is 9.90 Å². The summed E-state index contributed by atoms with van der Waals surface area (Å²) in [5.41, 5.74) is -2.61. The van der Waals surface area contributed by atoms with Crippen LogP contribution in [0.1, 0.15) is 33.1 Å². The summed E-state index contributed by atoms with van der Waals surface area (Å²) >= 11 is 0. The Morgan fingerprint density at radius 3 is 2.88 bits per heavy atom. The third kappa shape index (κ3) is 1.11. The molecule has 0 radical (unpaired) electrons. The molecule has 6 fully saturated rings. The van der Waals surface area contributed by atoms with E-state index in [0.717, 1.165) is 18.4 Å². The lowest BCUT2D eigenvalue weighted by atomic mass is 9.54. The van der Waals surface area contributed by atoms with Crippen LogP contribution in [-0.4, -0.2) is 54.0 Å². The number of aliphatic hydroxyl groups is 1. The van der Waals surface area contributed by atoms with E-state index in [0.29, 0.717) is 19.6 Å². The first-order valence-corrected chi connectivity index (χ1v) is 9.36. The van der Waals surface area contributed by atoms with E-state index in [1.165, 1.54) is 0 Å². The zero-order valence-corrected chi connectivity index (χ0v) is 14.6. The summed E-state index contributed by atoms with van der Waals surface area (Å²) in [4.78, 5) is 13.2. The molecule has 0 aromatic carbocycles. The highest BCUT2D eigenvalue weighted by Crippen LogP contribution is 2.83. The molecule has 2 saturated carbocycles. The predicted molar refractivity (Wildman–Crippen MR) is 84.3 cm³/mol. The minimum atomic E-state index is -1.37. The minimum absolute atomic E-state index is 0.165. The van der Waals surface area contributed by atoms with Crippen molar-refractivity contribution in [3.8, 4) is 0 Å². The first-order valence-electron chi connectivity index (χ1n) is 9.36. The molecule has 0 bridgehead atoms. The second kappa shape index (κ2) is 3.98. The van der Waals surface area contributed by atoms with Crippen molar-refractivity contribution < 1.29 is 28.8 Å². The number of rotatable bonds is 1. The number of ether oxygens (including phenoxy) is 4. The number of carbonyl (C=O) groups excluding carboxylic acids is 1. The Bertz CT molecular complexity index is 721. The maximum Gasteiger partial charge on any atom is 0.342 e. The summed E-state index contributed by atoms with van der Waals surface area (Å²) in [6.07, 6.45) is 1.00. The molecule has 1 N–H and O–H groups in total. The lowest BCUT2D eigenvalue weighted by Gasteiger charge is -2.43. The van der Waals surface area contributed by atoms with Gasteiger partial charge >= 0.3 is 5.97 Å². The van der Waals surface area contributed by atoms with E-state index in [1.54, 1.807) is 0 Å². The molecule has 136 valence electrons. The quantitative estimate of drug-likeness (QED) is 0.566. The van der Waals surface area contributed by atoms with Gasteiger partial charge in [-0.2, -0.15) is 0 Å². The molecule has 6 rings (SSSR count). The number of hydrogen-bond donors (Lipinski definition) is 1. The van der Waals surface area contributed by atoms with E-state index in [1.807, 2.05) is 13.8 Å². The van der Waals surface area contributed by atoms with Gasteiger partial charge in [-0.3, -0.25) is 0 Å². The largest absolute Gasteiger partial charge is 0.459 e. The van der Waals surface area contributed by atoms with Gasteiger partial charge in [0.25, 0.3) is 0 Å². The molecule has 6 unspecified atom stereocenters. The summed E-state index contributed by atoms with van der Waals surface area (Å²) in [6.45, 7) is 9.23. The lowest BCUT2D eigenvalue weighted by Crippen LogP contribution is -2.65. The molecule has 2 aliphatic carbocycles. The van der Waals surface area contributed by atoms with E-state index in [2.05, 4.69) is 6.58 Å². The van der Waals surface area contributed by atoms with Crippen LogP contribution in [0.25, 0.3) is 0 Å².